The van der Waals surface area contributed by atoms with Crippen LogP contribution in [0.15, 0.2) is 18.3 Å². The summed E-state index contributed by atoms with van der Waals surface area (Å²) in [7, 11) is 0. The highest BCUT2D eigenvalue weighted by molar-refractivity contribution is 5.76. The number of piperidine rings is 1. The first-order chi connectivity index (χ1) is 9.85. The van der Waals surface area contributed by atoms with Gasteiger partial charge >= 0.3 is 6.18 Å². The van der Waals surface area contributed by atoms with E-state index < -0.39 is 30.7 Å². The molecule has 1 aromatic rings. The number of rotatable bonds is 3. The van der Waals surface area contributed by atoms with Gasteiger partial charge in [-0.25, -0.2) is 4.39 Å². The van der Waals surface area contributed by atoms with E-state index in [1.807, 2.05) is 0 Å². The Morgan fingerprint density at radius 3 is 2.48 bits per heavy atom. The molecule has 0 spiro atoms. The molecule has 1 fully saturated rings. The Hall–Kier alpha value is -1.66. The SMILES string of the molecule is O=C(CCC(F)(F)F)N1CCC(c2ccc(F)cn2)CC1. The van der Waals surface area contributed by atoms with Gasteiger partial charge in [0, 0.05) is 31.1 Å². The van der Waals surface area contributed by atoms with Crippen LogP contribution >= 0.6 is 0 Å². The Labute approximate surface area is 120 Å². The lowest BCUT2D eigenvalue weighted by molar-refractivity contribution is -0.149. The van der Waals surface area contributed by atoms with Crippen molar-refractivity contribution < 1.29 is 22.4 Å². The van der Waals surface area contributed by atoms with E-state index in [9.17, 15) is 22.4 Å². The number of hydrogen-bond acceptors (Lipinski definition) is 2. The maximum atomic E-state index is 12.8. The fraction of sp³-hybridized carbons (Fsp3) is 0.571. The van der Waals surface area contributed by atoms with E-state index in [4.69, 9.17) is 0 Å². The Balaban J connectivity index is 1.82. The number of amides is 1. The molecule has 0 aliphatic carbocycles. The van der Waals surface area contributed by atoms with E-state index >= 15 is 0 Å². The number of aromatic nitrogens is 1. The van der Waals surface area contributed by atoms with Crippen LogP contribution < -0.4 is 0 Å². The summed E-state index contributed by atoms with van der Waals surface area (Å²) in [6.07, 6.45) is -3.46. The van der Waals surface area contributed by atoms with Crippen LogP contribution in [0.1, 0.15) is 37.3 Å². The fourth-order valence-corrected chi connectivity index (χ4v) is 2.46. The average molecular weight is 304 g/mol. The standard InChI is InChI=1S/C14H16F4N2O/c15-11-1-2-12(19-9-11)10-4-7-20(8-5-10)13(21)3-6-14(16,17)18/h1-2,9-10H,3-8H2. The smallest absolute Gasteiger partial charge is 0.343 e. The maximum Gasteiger partial charge on any atom is 0.389 e. The van der Waals surface area contributed by atoms with Gasteiger partial charge in [-0.3, -0.25) is 9.78 Å². The highest BCUT2D eigenvalue weighted by atomic mass is 19.4. The van der Waals surface area contributed by atoms with Gasteiger partial charge in [-0.1, -0.05) is 0 Å². The molecule has 1 aliphatic rings. The van der Waals surface area contributed by atoms with Gasteiger partial charge in [0.15, 0.2) is 0 Å². The minimum atomic E-state index is -4.30. The van der Waals surface area contributed by atoms with Crippen LogP contribution in [-0.2, 0) is 4.79 Å². The lowest BCUT2D eigenvalue weighted by atomic mass is 9.93. The highest BCUT2D eigenvalue weighted by Gasteiger charge is 2.30. The van der Waals surface area contributed by atoms with Gasteiger partial charge in [0.25, 0.3) is 0 Å². The Kier molecular flexibility index (Phi) is 4.80. The minimum absolute atomic E-state index is 0.122. The van der Waals surface area contributed by atoms with Crippen molar-refractivity contribution in [2.24, 2.45) is 0 Å². The molecular formula is C14H16F4N2O. The minimum Gasteiger partial charge on any atom is -0.343 e. The van der Waals surface area contributed by atoms with Crippen LogP contribution in [0.4, 0.5) is 17.6 Å². The third kappa shape index (κ3) is 4.68. The number of carbonyl (C=O) groups excluding carboxylic acids is 1. The zero-order valence-electron chi connectivity index (χ0n) is 11.4. The molecule has 0 atom stereocenters. The van der Waals surface area contributed by atoms with Crippen molar-refractivity contribution in [2.75, 3.05) is 13.1 Å². The van der Waals surface area contributed by atoms with Crippen molar-refractivity contribution in [3.63, 3.8) is 0 Å². The number of halogens is 4. The van der Waals surface area contributed by atoms with Crippen molar-refractivity contribution in [1.82, 2.24) is 9.88 Å². The van der Waals surface area contributed by atoms with E-state index in [2.05, 4.69) is 4.98 Å². The van der Waals surface area contributed by atoms with Crippen LogP contribution in [0.3, 0.4) is 0 Å². The Bertz CT molecular complexity index is 479. The Morgan fingerprint density at radius 2 is 1.95 bits per heavy atom. The lowest BCUT2D eigenvalue weighted by Gasteiger charge is -2.32. The summed E-state index contributed by atoms with van der Waals surface area (Å²) < 4.78 is 49.1. The first-order valence-electron chi connectivity index (χ1n) is 6.81. The summed E-state index contributed by atoms with van der Waals surface area (Å²) in [4.78, 5) is 17.2. The second-order valence-corrected chi connectivity index (χ2v) is 5.17. The third-order valence-electron chi connectivity index (χ3n) is 3.64. The summed E-state index contributed by atoms with van der Waals surface area (Å²) in [5, 5.41) is 0. The monoisotopic (exact) mass is 304 g/mol. The molecule has 0 unspecified atom stereocenters. The number of hydrogen-bond donors (Lipinski definition) is 0. The van der Waals surface area contributed by atoms with Gasteiger partial charge in [0.1, 0.15) is 5.82 Å². The second-order valence-electron chi connectivity index (χ2n) is 5.17. The van der Waals surface area contributed by atoms with Crippen molar-refractivity contribution in [3.8, 4) is 0 Å². The van der Waals surface area contributed by atoms with Crippen molar-refractivity contribution >= 4 is 5.91 Å². The van der Waals surface area contributed by atoms with Crippen LogP contribution in [0, 0.1) is 5.82 Å². The van der Waals surface area contributed by atoms with Crippen molar-refractivity contribution in [1.29, 1.82) is 0 Å². The zero-order valence-corrected chi connectivity index (χ0v) is 11.4. The highest BCUT2D eigenvalue weighted by Crippen LogP contribution is 2.28. The van der Waals surface area contributed by atoms with Gasteiger partial charge in [0.2, 0.25) is 5.91 Å². The first-order valence-corrected chi connectivity index (χ1v) is 6.81. The molecule has 0 aromatic carbocycles. The summed E-state index contributed by atoms with van der Waals surface area (Å²) in [6, 6.07) is 2.95. The van der Waals surface area contributed by atoms with E-state index in [1.165, 1.54) is 11.0 Å². The van der Waals surface area contributed by atoms with E-state index in [-0.39, 0.29) is 5.92 Å². The van der Waals surface area contributed by atoms with Crippen LogP contribution in [0.25, 0.3) is 0 Å². The molecule has 3 nitrogen and oxygen atoms in total. The van der Waals surface area contributed by atoms with Gasteiger partial charge in [0.05, 0.1) is 12.6 Å². The van der Waals surface area contributed by atoms with Crippen LogP contribution in [0.2, 0.25) is 0 Å². The van der Waals surface area contributed by atoms with Gasteiger partial charge in [-0.05, 0) is 25.0 Å². The van der Waals surface area contributed by atoms with Crippen LogP contribution in [-0.4, -0.2) is 35.1 Å². The topological polar surface area (TPSA) is 33.2 Å². The normalized spacial score (nSPS) is 17.0. The molecule has 2 heterocycles. The maximum absolute atomic E-state index is 12.8. The number of likely N-dealkylation sites (tertiary alicyclic amines) is 1. The molecule has 0 bridgehead atoms. The molecular weight excluding hydrogens is 288 g/mol. The predicted molar refractivity (Wildman–Crippen MR) is 68.0 cm³/mol. The third-order valence-corrected chi connectivity index (χ3v) is 3.64. The first kappa shape index (κ1) is 15.7. The summed E-state index contributed by atoms with van der Waals surface area (Å²) in [6.45, 7) is 0.834. The predicted octanol–water partition coefficient (Wildman–Crippen LogP) is 3.27. The second kappa shape index (κ2) is 6.41. The van der Waals surface area contributed by atoms with Crippen molar-refractivity contribution in [2.45, 2.75) is 37.8 Å². The molecule has 1 amide bonds. The number of pyridine rings is 1. The average Bonchev–Trinajstić information content (AvgIpc) is 2.45. The number of carbonyl (C=O) groups is 1. The van der Waals surface area contributed by atoms with E-state index in [0.717, 1.165) is 11.9 Å². The van der Waals surface area contributed by atoms with E-state index in [0.29, 0.717) is 25.9 Å². The number of alkyl halides is 3. The molecule has 1 aromatic heterocycles. The summed E-state index contributed by atoms with van der Waals surface area (Å²) in [5.41, 5.74) is 0.763. The van der Waals surface area contributed by atoms with Gasteiger partial charge in [-0.2, -0.15) is 13.2 Å². The number of nitrogens with zero attached hydrogens (tertiary/aromatic N) is 2. The lowest BCUT2D eigenvalue weighted by Crippen LogP contribution is -2.38. The summed E-state index contributed by atoms with van der Waals surface area (Å²) in [5.74, 6) is -0.742. The van der Waals surface area contributed by atoms with Crippen LogP contribution in [0.5, 0.6) is 0 Å². The molecule has 21 heavy (non-hydrogen) atoms. The van der Waals surface area contributed by atoms with Gasteiger partial charge in [-0.15, -0.1) is 0 Å². The zero-order chi connectivity index (χ0) is 15.5. The van der Waals surface area contributed by atoms with Gasteiger partial charge < -0.3 is 4.90 Å². The molecule has 7 heteroatoms. The summed E-state index contributed by atoms with van der Waals surface area (Å²) >= 11 is 0. The largest absolute Gasteiger partial charge is 0.389 e. The molecule has 0 N–H and O–H groups in total. The van der Waals surface area contributed by atoms with E-state index in [1.54, 1.807) is 6.07 Å². The molecule has 0 radical (unpaired) electrons. The quantitative estimate of drug-likeness (QED) is 0.803. The molecule has 116 valence electrons. The molecule has 1 saturated heterocycles. The fourth-order valence-electron chi connectivity index (χ4n) is 2.46. The molecule has 1 aliphatic heterocycles. The molecule has 0 saturated carbocycles. The van der Waals surface area contributed by atoms with Crippen molar-refractivity contribution in [3.05, 3.63) is 29.8 Å². The Morgan fingerprint density at radius 1 is 1.29 bits per heavy atom. The molecule has 2 rings (SSSR count).